The molecule has 0 bridgehead atoms. The number of carbonyl (C=O) groups excluding carboxylic acids is 1. The molecular weight excluding hydrogens is 352 g/mol. The molecule has 0 amide bonds. The van der Waals surface area contributed by atoms with E-state index in [2.05, 4.69) is 22.3 Å². The predicted molar refractivity (Wildman–Crippen MR) is 107 cm³/mol. The van der Waals surface area contributed by atoms with E-state index in [1.54, 1.807) is 0 Å². The highest BCUT2D eigenvalue weighted by Crippen LogP contribution is 2.26. The SMILES string of the molecule is Cc1cc(-n2cc(CNCCc3ccc4c(c3C)COC4=O)cn2)cc(C)n1. The zero-order valence-electron chi connectivity index (χ0n) is 16.5. The second kappa shape index (κ2) is 7.56. The first kappa shape index (κ1) is 18.4. The lowest BCUT2D eigenvalue weighted by molar-refractivity contribution is 0.0535. The maximum atomic E-state index is 11.6. The van der Waals surface area contributed by atoms with Crippen LogP contribution in [0.5, 0.6) is 0 Å². The number of cyclic esters (lactones) is 1. The largest absolute Gasteiger partial charge is 0.457 e. The van der Waals surface area contributed by atoms with E-state index < -0.39 is 0 Å². The number of carbonyl (C=O) groups is 1. The van der Waals surface area contributed by atoms with E-state index in [9.17, 15) is 4.79 Å². The van der Waals surface area contributed by atoms with Crippen molar-refractivity contribution in [1.82, 2.24) is 20.1 Å². The number of aromatic nitrogens is 3. The van der Waals surface area contributed by atoms with Gasteiger partial charge in [-0.05, 0) is 63.1 Å². The first-order chi connectivity index (χ1) is 13.5. The number of aryl methyl sites for hydroxylation is 2. The molecule has 0 aliphatic carbocycles. The summed E-state index contributed by atoms with van der Waals surface area (Å²) in [5.74, 6) is -0.209. The second-order valence-corrected chi connectivity index (χ2v) is 7.28. The molecule has 3 aromatic rings. The Balaban J connectivity index is 1.34. The van der Waals surface area contributed by atoms with Crippen molar-refractivity contribution < 1.29 is 9.53 Å². The standard InChI is InChI=1S/C22H24N4O2/c1-14-8-19(9-15(2)25-14)26-12-17(11-24-26)10-23-7-6-18-4-5-20-21(16(18)3)13-28-22(20)27/h4-5,8-9,11-12,23H,6-7,10,13H2,1-3H3. The minimum absolute atomic E-state index is 0.209. The van der Waals surface area contributed by atoms with Crippen LogP contribution in [0.15, 0.2) is 36.7 Å². The van der Waals surface area contributed by atoms with Gasteiger partial charge in [0.05, 0.1) is 17.4 Å². The van der Waals surface area contributed by atoms with Gasteiger partial charge < -0.3 is 10.1 Å². The van der Waals surface area contributed by atoms with Gasteiger partial charge >= 0.3 is 5.97 Å². The van der Waals surface area contributed by atoms with Gasteiger partial charge in [0.2, 0.25) is 0 Å². The van der Waals surface area contributed by atoms with Crippen molar-refractivity contribution in [3.05, 3.63) is 75.9 Å². The van der Waals surface area contributed by atoms with Gasteiger partial charge in [-0.25, -0.2) is 9.48 Å². The molecule has 6 heteroatoms. The summed E-state index contributed by atoms with van der Waals surface area (Å²) < 4.78 is 7.02. The molecular formula is C22H24N4O2. The number of nitrogens with one attached hydrogen (secondary N) is 1. The summed E-state index contributed by atoms with van der Waals surface area (Å²) in [6.07, 6.45) is 4.84. The average molecular weight is 376 g/mol. The summed E-state index contributed by atoms with van der Waals surface area (Å²) in [5, 5.41) is 7.95. The molecule has 4 rings (SSSR count). The van der Waals surface area contributed by atoms with E-state index in [-0.39, 0.29) is 5.97 Å². The molecule has 1 aliphatic heterocycles. The number of esters is 1. The van der Waals surface area contributed by atoms with Crippen LogP contribution in [-0.2, 0) is 24.3 Å². The third-order valence-electron chi connectivity index (χ3n) is 5.15. The Kier molecular flexibility index (Phi) is 4.96. The molecule has 3 heterocycles. The van der Waals surface area contributed by atoms with Crippen LogP contribution in [0, 0.1) is 20.8 Å². The van der Waals surface area contributed by atoms with Crippen molar-refractivity contribution in [3.8, 4) is 5.69 Å². The molecule has 0 unspecified atom stereocenters. The van der Waals surface area contributed by atoms with Gasteiger partial charge in [0.15, 0.2) is 0 Å². The highest BCUT2D eigenvalue weighted by atomic mass is 16.5. The van der Waals surface area contributed by atoms with Crippen molar-refractivity contribution >= 4 is 5.97 Å². The van der Waals surface area contributed by atoms with Crippen molar-refractivity contribution in [2.75, 3.05) is 6.54 Å². The van der Waals surface area contributed by atoms with E-state index in [1.165, 1.54) is 11.1 Å². The van der Waals surface area contributed by atoms with Crippen LogP contribution < -0.4 is 5.32 Å². The lowest BCUT2D eigenvalue weighted by Crippen LogP contribution is -2.17. The highest BCUT2D eigenvalue weighted by Gasteiger charge is 2.23. The summed E-state index contributed by atoms with van der Waals surface area (Å²) in [7, 11) is 0. The first-order valence-corrected chi connectivity index (χ1v) is 9.49. The van der Waals surface area contributed by atoms with Crippen LogP contribution >= 0.6 is 0 Å². The molecule has 0 spiro atoms. The first-order valence-electron chi connectivity index (χ1n) is 9.49. The van der Waals surface area contributed by atoms with E-state index in [0.29, 0.717) is 12.2 Å². The third kappa shape index (κ3) is 3.68. The number of ether oxygens (including phenoxy) is 1. The molecule has 1 aliphatic rings. The second-order valence-electron chi connectivity index (χ2n) is 7.28. The Hall–Kier alpha value is -2.99. The molecule has 2 aromatic heterocycles. The van der Waals surface area contributed by atoms with Crippen molar-refractivity contribution in [3.63, 3.8) is 0 Å². The quantitative estimate of drug-likeness (QED) is 0.529. The van der Waals surface area contributed by atoms with Gasteiger partial charge in [0, 0.05) is 35.3 Å². The lowest BCUT2D eigenvalue weighted by Gasteiger charge is -2.09. The Morgan fingerprint density at radius 1 is 1.18 bits per heavy atom. The number of hydrogen-bond donors (Lipinski definition) is 1. The Morgan fingerprint density at radius 3 is 2.75 bits per heavy atom. The van der Waals surface area contributed by atoms with Crippen LogP contribution in [0.2, 0.25) is 0 Å². The van der Waals surface area contributed by atoms with Crippen LogP contribution in [0.25, 0.3) is 5.69 Å². The maximum absolute atomic E-state index is 11.6. The smallest absolute Gasteiger partial charge is 0.338 e. The number of fused-ring (bicyclic) bond motifs is 1. The highest BCUT2D eigenvalue weighted by molar-refractivity contribution is 5.93. The molecule has 0 radical (unpaired) electrons. The van der Waals surface area contributed by atoms with E-state index in [1.807, 2.05) is 55.2 Å². The van der Waals surface area contributed by atoms with E-state index in [0.717, 1.165) is 47.7 Å². The van der Waals surface area contributed by atoms with Gasteiger partial charge in [0.1, 0.15) is 6.61 Å². The van der Waals surface area contributed by atoms with Crippen molar-refractivity contribution in [1.29, 1.82) is 0 Å². The lowest BCUT2D eigenvalue weighted by atomic mass is 9.97. The average Bonchev–Trinajstić information content (AvgIpc) is 3.27. The third-order valence-corrected chi connectivity index (χ3v) is 5.15. The summed E-state index contributed by atoms with van der Waals surface area (Å²) in [5.41, 5.74) is 8.31. The van der Waals surface area contributed by atoms with E-state index >= 15 is 0 Å². The minimum Gasteiger partial charge on any atom is -0.457 e. The van der Waals surface area contributed by atoms with Crippen LogP contribution in [0.4, 0.5) is 0 Å². The Bertz CT molecular complexity index is 1020. The number of benzene rings is 1. The normalized spacial score (nSPS) is 12.9. The molecule has 144 valence electrons. The van der Waals surface area contributed by atoms with Gasteiger partial charge in [0.25, 0.3) is 0 Å². The van der Waals surface area contributed by atoms with Gasteiger partial charge in [-0.2, -0.15) is 5.10 Å². The number of rotatable bonds is 6. The molecule has 0 saturated heterocycles. The minimum atomic E-state index is -0.209. The Morgan fingerprint density at radius 2 is 1.96 bits per heavy atom. The zero-order chi connectivity index (χ0) is 19.7. The summed E-state index contributed by atoms with van der Waals surface area (Å²) >= 11 is 0. The number of nitrogens with zero attached hydrogens (tertiary/aromatic N) is 3. The fourth-order valence-electron chi connectivity index (χ4n) is 3.66. The monoisotopic (exact) mass is 376 g/mol. The Labute approximate surface area is 164 Å². The zero-order valence-corrected chi connectivity index (χ0v) is 16.5. The van der Waals surface area contributed by atoms with Gasteiger partial charge in [-0.1, -0.05) is 6.07 Å². The molecule has 1 N–H and O–H groups in total. The van der Waals surface area contributed by atoms with Crippen LogP contribution in [0.3, 0.4) is 0 Å². The molecule has 6 nitrogen and oxygen atoms in total. The summed E-state index contributed by atoms with van der Waals surface area (Å²) in [6.45, 7) is 8.06. The van der Waals surface area contributed by atoms with Gasteiger partial charge in [-0.15, -0.1) is 0 Å². The van der Waals surface area contributed by atoms with Crippen LogP contribution in [-0.4, -0.2) is 27.3 Å². The van der Waals surface area contributed by atoms with Crippen molar-refractivity contribution in [2.45, 2.75) is 40.3 Å². The predicted octanol–water partition coefficient (Wildman–Crippen LogP) is 3.20. The topological polar surface area (TPSA) is 69.0 Å². The fourth-order valence-corrected chi connectivity index (χ4v) is 3.66. The van der Waals surface area contributed by atoms with Crippen molar-refractivity contribution in [2.24, 2.45) is 0 Å². The summed E-state index contributed by atoms with van der Waals surface area (Å²) in [4.78, 5) is 16.1. The number of pyridine rings is 1. The maximum Gasteiger partial charge on any atom is 0.338 e. The fraction of sp³-hybridized carbons (Fsp3) is 0.318. The molecule has 1 aromatic carbocycles. The molecule has 0 atom stereocenters. The molecule has 28 heavy (non-hydrogen) atoms. The number of hydrogen-bond acceptors (Lipinski definition) is 5. The summed E-state index contributed by atoms with van der Waals surface area (Å²) in [6, 6.07) is 7.98. The van der Waals surface area contributed by atoms with E-state index in [4.69, 9.17) is 4.74 Å². The van der Waals surface area contributed by atoms with Gasteiger partial charge in [-0.3, -0.25) is 4.98 Å². The molecule has 0 fully saturated rings. The molecule has 0 saturated carbocycles. The van der Waals surface area contributed by atoms with Crippen LogP contribution in [0.1, 0.15) is 44.0 Å².